The quantitative estimate of drug-likeness (QED) is 0.0804. The molecule has 16 nitrogen and oxygen atoms in total. The average molecular weight is 504 g/mol. The zero-order valence-corrected chi connectivity index (χ0v) is 19.0. The summed E-state index contributed by atoms with van der Waals surface area (Å²) in [6.45, 7) is 0.287. The molecular formula is C19H33N7O9. The lowest BCUT2D eigenvalue weighted by atomic mass is 10.1. The molecular weight excluding hydrogens is 470 g/mol. The Kier molecular flexibility index (Phi) is 14.2. The summed E-state index contributed by atoms with van der Waals surface area (Å²) in [6.07, 6.45) is -1.21. The monoisotopic (exact) mass is 503 g/mol. The lowest BCUT2D eigenvalue weighted by Gasteiger charge is -2.24. The lowest BCUT2D eigenvalue weighted by Crippen LogP contribution is -2.57. The number of rotatable bonds is 18. The number of unbranched alkanes of at least 4 members (excludes halogenated alkanes) is 1. The minimum atomic E-state index is -1.61. The average Bonchev–Trinajstić information content (AvgIpc) is 2.73. The minimum Gasteiger partial charge on any atom is -0.481 e. The highest BCUT2D eigenvalue weighted by molar-refractivity contribution is 5.96. The fourth-order valence-corrected chi connectivity index (χ4v) is 2.82. The molecule has 0 aromatic carbocycles. The van der Waals surface area contributed by atoms with Gasteiger partial charge in [-0.25, -0.2) is 4.79 Å². The van der Waals surface area contributed by atoms with Crippen molar-refractivity contribution in [3.05, 3.63) is 0 Å². The molecule has 198 valence electrons. The molecule has 16 heteroatoms. The summed E-state index contributed by atoms with van der Waals surface area (Å²) in [5.41, 5.74) is 21.1. The van der Waals surface area contributed by atoms with Gasteiger partial charge < -0.3 is 49.1 Å². The molecule has 0 aromatic heterocycles. The first-order valence-corrected chi connectivity index (χ1v) is 10.7. The Bertz CT molecular complexity index is 806. The van der Waals surface area contributed by atoms with Gasteiger partial charge in [-0.3, -0.25) is 28.8 Å². The van der Waals surface area contributed by atoms with Crippen LogP contribution in [0.2, 0.25) is 0 Å². The minimum absolute atomic E-state index is 0.0375. The first kappa shape index (κ1) is 31.2. The Morgan fingerprint density at radius 3 is 1.71 bits per heavy atom. The predicted octanol–water partition coefficient (Wildman–Crippen LogP) is -4.40. The van der Waals surface area contributed by atoms with E-state index in [9.17, 15) is 38.7 Å². The number of carboxylic acid groups (broad SMARTS) is 2. The Morgan fingerprint density at radius 1 is 0.686 bits per heavy atom. The molecule has 0 bridgehead atoms. The van der Waals surface area contributed by atoms with Gasteiger partial charge >= 0.3 is 11.9 Å². The highest BCUT2D eigenvalue weighted by Crippen LogP contribution is 2.05. The maximum atomic E-state index is 12.8. The van der Waals surface area contributed by atoms with E-state index in [1.54, 1.807) is 0 Å². The molecule has 0 spiro atoms. The maximum absolute atomic E-state index is 12.8. The number of hydrogen-bond donors (Lipinski definition) is 9. The SMILES string of the molecule is NCCCCC(NC(=O)C(N)CC(=O)O)C(=O)NC(CC(N)=O)C(=O)NC(CCC(N)=O)C(=O)O. The van der Waals surface area contributed by atoms with Crippen LogP contribution in [0.4, 0.5) is 0 Å². The van der Waals surface area contributed by atoms with Gasteiger partial charge in [-0.1, -0.05) is 0 Å². The van der Waals surface area contributed by atoms with Crippen molar-refractivity contribution in [3.63, 3.8) is 0 Å². The van der Waals surface area contributed by atoms with Crippen molar-refractivity contribution >= 4 is 41.5 Å². The van der Waals surface area contributed by atoms with Gasteiger partial charge in [-0.15, -0.1) is 0 Å². The van der Waals surface area contributed by atoms with E-state index in [0.717, 1.165) is 0 Å². The van der Waals surface area contributed by atoms with Crippen LogP contribution in [-0.4, -0.2) is 82.4 Å². The second-order valence-electron chi connectivity index (χ2n) is 7.69. The van der Waals surface area contributed by atoms with Gasteiger partial charge in [-0.2, -0.15) is 0 Å². The van der Waals surface area contributed by atoms with Crippen LogP contribution in [0, 0.1) is 0 Å². The summed E-state index contributed by atoms with van der Waals surface area (Å²) in [5, 5.41) is 24.7. The van der Waals surface area contributed by atoms with E-state index in [-0.39, 0.29) is 25.8 Å². The number of carbonyl (C=O) groups excluding carboxylic acids is 5. The van der Waals surface area contributed by atoms with Crippen molar-refractivity contribution in [3.8, 4) is 0 Å². The predicted molar refractivity (Wildman–Crippen MR) is 119 cm³/mol. The normalized spacial score (nSPS) is 14.0. The molecule has 0 fully saturated rings. The van der Waals surface area contributed by atoms with Crippen LogP contribution in [0.15, 0.2) is 0 Å². The number of nitrogens with two attached hydrogens (primary N) is 4. The maximum Gasteiger partial charge on any atom is 0.326 e. The first-order chi connectivity index (χ1) is 16.3. The van der Waals surface area contributed by atoms with Crippen molar-refractivity contribution in [2.75, 3.05) is 6.54 Å². The Hall–Kier alpha value is -3.79. The number of primary amides is 2. The fraction of sp³-hybridized carbons (Fsp3) is 0.632. The van der Waals surface area contributed by atoms with Crippen molar-refractivity contribution < 1.29 is 43.8 Å². The second-order valence-corrected chi connectivity index (χ2v) is 7.69. The number of nitrogens with one attached hydrogen (secondary N) is 3. The third-order valence-electron chi connectivity index (χ3n) is 4.64. The summed E-state index contributed by atoms with van der Waals surface area (Å²) in [4.78, 5) is 82.2. The third-order valence-corrected chi connectivity index (χ3v) is 4.64. The molecule has 0 heterocycles. The number of carboxylic acids is 2. The largest absolute Gasteiger partial charge is 0.481 e. The van der Waals surface area contributed by atoms with Gasteiger partial charge in [0.25, 0.3) is 0 Å². The summed E-state index contributed by atoms with van der Waals surface area (Å²) in [5.74, 6) is -7.56. The van der Waals surface area contributed by atoms with Gasteiger partial charge in [0.05, 0.1) is 18.9 Å². The Balaban J connectivity index is 5.54. The molecule has 5 amide bonds. The van der Waals surface area contributed by atoms with Crippen LogP contribution in [0.5, 0.6) is 0 Å². The van der Waals surface area contributed by atoms with E-state index >= 15 is 0 Å². The standard InChI is InChI=1S/C19H33N7O9/c20-6-2-1-3-10(24-16(31)9(21)7-15(29)30)17(32)26-12(8-14(23)28)18(33)25-11(19(34)35)4-5-13(22)27/h9-12H,1-8,20-21H2,(H2,22,27)(H2,23,28)(H,24,31)(H,25,33)(H,26,32)(H,29,30)(H,34,35). The Labute approximate surface area is 200 Å². The number of carbonyl (C=O) groups is 7. The number of amides is 5. The zero-order chi connectivity index (χ0) is 27.1. The van der Waals surface area contributed by atoms with E-state index in [4.69, 9.17) is 28.0 Å². The lowest BCUT2D eigenvalue weighted by molar-refractivity contribution is -0.142. The molecule has 0 saturated heterocycles. The molecule has 0 aliphatic rings. The fourth-order valence-electron chi connectivity index (χ4n) is 2.82. The van der Waals surface area contributed by atoms with Crippen LogP contribution in [0.25, 0.3) is 0 Å². The highest BCUT2D eigenvalue weighted by atomic mass is 16.4. The molecule has 4 atom stereocenters. The molecule has 0 rings (SSSR count). The van der Waals surface area contributed by atoms with E-state index in [0.29, 0.717) is 12.8 Å². The summed E-state index contributed by atoms with van der Waals surface area (Å²) in [7, 11) is 0. The zero-order valence-electron chi connectivity index (χ0n) is 19.0. The molecule has 35 heavy (non-hydrogen) atoms. The van der Waals surface area contributed by atoms with Gasteiger partial charge in [0.15, 0.2) is 0 Å². The van der Waals surface area contributed by atoms with Crippen LogP contribution >= 0.6 is 0 Å². The van der Waals surface area contributed by atoms with Crippen LogP contribution in [0.1, 0.15) is 44.9 Å². The van der Waals surface area contributed by atoms with Gasteiger partial charge in [0.1, 0.15) is 18.1 Å². The molecule has 0 saturated carbocycles. The van der Waals surface area contributed by atoms with Crippen molar-refractivity contribution in [1.82, 2.24) is 16.0 Å². The Morgan fingerprint density at radius 2 is 1.23 bits per heavy atom. The molecule has 0 aliphatic carbocycles. The van der Waals surface area contributed by atoms with E-state index in [1.165, 1.54) is 0 Å². The summed E-state index contributed by atoms with van der Waals surface area (Å²) < 4.78 is 0. The van der Waals surface area contributed by atoms with E-state index in [2.05, 4.69) is 16.0 Å². The summed E-state index contributed by atoms with van der Waals surface area (Å²) in [6, 6.07) is -5.89. The summed E-state index contributed by atoms with van der Waals surface area (Å²) >= 11 is 0. The van der Waals surface area contributed by atoms with Crippen LogP contribution in [0.3, 0.4) is 0 Å². The topological polar surface area (TPSA) is 300 Å². The molecule has 13 N–H and O–H groups in total. The number of hydrogen-bond acceptors (Lipinski definition) is 9. The second kappa shape index (κ2) is 15.9. The van der Waals surface area contributed by atoms with Gasteiger partial charge in [0.2, 0.25) is 29.5 Å². The van der Waals surface area contributed by atoms with Crippen molar-refractivity contribution in [1.29, 1.82) is 0 Å². The molecule has 0 aromatic rings. The molecule has 4 unspecified atom stereocenters. The smallest absolute Gasteiger partial charge is 0.326 e. The van der Waals surface area contributed by atoms with Crippen molar-refractivity contribution in [2.45, 2.75) is 69.1 Å². The van der Waals surface area contributed by atoms with E-state index in [1.807, 2.05) is 0 Å². The highest BCUT2D eigenvalue weighted by Gasteiger charge is 2.31. The van der Waals surface area contributed by atoms with Gasteiger partial charge in [-0.05, 0) is 32.2 Å². The van der Waals surface area contributed by atoms with E-state index < -0.39 is 78.5 Å². The third kappa shape index (κ3) is 13.5. The van der Waals surface area contributed by atoms with Crippen LogP contribution in [-0.2, 0) is 33.6 Å². The molecule has 0 aliphatic heterocycles. The first-order valence-electron chi connectivity index (χ1n) is 10.7. The number of aliphatic carboxylic acids is 2. The van der Waals surface area contributed by atoms with Gasteiger partial charge in [0, 0.05) is 6.42 Å². The van der Waals surface area contributed by atoms with Crippen LogP contribution < -0.4 is 38.9 Å². The molecule has 0 radical (unpaired) electrons. The van der Waals surface area contributed by atoms with Crippen molar-refractivity contribution in [2.24, 2.45) is 22.9 Å².